The molecule has 0 aliphatic carbocycles. The van der Waals surface area contributed by atoms with E-state index in [9.17, 15) is 9.18 Å². The molecule has 1 atom stereocenters. The van der Waals surface area contributed by atoms with Gasteiger partial charge < -0.3 is 10.2 Å². The Labute approximate surface area is 127 Å². The van der Waals surface area contributed by atoms with Crippen molar-refractivity contribution in [1.82, 2.24) is 10.2 Å². The van der Waals surface area contributed by atoms with Crippen molar-refractivity contribution in [3.63, 3.8) is 0 Å². The van der Waals surface area contributed by atoms with E-state index in [2.05, 4.69) is 12.2 Å². The number of halogens is 1. The van der Waals surface area contributed by atoms with Gasteiger partial charge in [-0.25, -0.2) is 4.39 Å². The Balaban J connectivity index is 2.66. The first-order valence-electron chi connectivity index (χ1n) is 7.88. The first-order chi connectivity index (χ1) is 10.1. The van der Waals surface area contributed by atoms with E-state index in [4.69, 9.17) is 0 Å². The Morgan fingerprint density at radius 2 is 1.81 bits per heavy atom. The van der Waals surface area contributed by atoms with Gasteiger partial charge >= 0.3 is 0 Å². The van der Waals surface area contributed by atoms with Gasteiger partial charge in [-0.3, -0.25) is 4.79 Å². The number of rotatable bonds is 9. The minimum Gasteiger partial charge on any atom is -0.342 e. The number of benzene rings is 1. The molecule has 0 aliphatic heterocycles. The summed E-state index contributed by atoms with van der Waals surface area (Å²) in [5, 5.41) is 3.33. The van der Waals surface area contributed by atoms with Gasteiger partial charge in [0.25, 0.3) is 0 Å². The van der Waals surface area contributed by atoms with Crippen LogP contribution in [0.5, 0.6) is 0 Å². The topological polar surface area (TPSA) is 32.3 Å². The molecule has 0 aliphatic rings. The van der Waals surface area contributed by atoms with E-state index in [0.29, 0.717) is 6.54 Å². The lowest BCUT2D eigenvalue weighted by Crippen LogP contribution is -2.39. The van der Waals surface area contributed by atoms with Crippen molar-refractivity contribution in [1.29, 1.82) is 0 Å². The monoisotopic (exact) mass is 294 g/mol. The van der Waals surface area contributed by atoms with Crippen LogP contribution in [0.2, 0.25) is 0 Å². The van der Waals surface area contributed by atoms with Crippen LogP contribution in [0.1, 0.15) is 51.6 Å². The molecule has 1 aromatic carbocycles. The van der Waals surface area contributed by atoms with Gasteiger partial charge in [-0.1, -0.05) is 31.9 Å². The Kier molecular flexibility index (Phi) is 7.98. The molecule has 1 unspecified atom stereocenters. The average molecular weight is 294 g/mol. The summed E-state index contributed by atoms with van der Waals surface area (Å²) >= 11 is 0. The van der Waals surface area contributed by atoms with Gasteiger partial charge in [0, 0.05) is 19.1 Å². The molecule has 0 heterocycles. The highest BCUT2D eigenvalue weighted by molar-refractivity contribution is 5.78. The predicted molar refractivity (Wildman–Crippen MR) is 84.6 cm³/mol. The number of hydrogen-bond donors (Lipinski definition) is 1. The van der Waals surface area contributed by atoms with Gasteiger partial charge in [-0.05, 0) is 38.0 Å². The summed E-state index contributed by atoms with van der Waals surface area (Å²) in [6.07, 6.45) is 3.13. The molecule has 4 heteroatoms. The second-order valence-electron chi connectivity index (χ2n) is 5.19. The predicted octanol–water partition coefficient (Wildman–Crippen LogP) is 3.52. The number of nitrogens with zero attached hydrogens (tertiary/aromatic N) is 1. The number of carbonyl (C=O) groups excluding carboxylic acids is 1. The van der Waals surface area contributed by atoms with Gasteiger partial charge in [0.15, 0.2) is 0 Å². The van der Waals surface area contributed by atoms with Crippen LogP contribution in [0, 0.1) is 5.82 Å². The lowest BCUT2D eigenvalue weighted by Gasteiger charge is -2.23. The van der Waals surface area contributed by atoms with Gasteiger partial charge in [0.2, 0.25) is 5.91 Å². The molecule has 0 radical (unpaired) electrons. The fraction of sp³-hybridized carbons (Fsp3) is 0.588. The van der Waals surface area contributed by atoms with E-state index in [0.717, 1.165) is 37.9 Å². The van der Waals surface area contributed by atoms with Crippen molar-refractivity contribution >= 4 is 5.91 Å². The van der Waals surface area contributed by atoms with Crippen LogP contribution < -0.4 is 5.32 Å². The Morgan fingerprint density at radius 1 is 1.19 bits per heavy atom. The molecule has 1 amide bonds. The van der Waals surface area contributed by atoms with E-state index in [1.54, 1.807) is 12.1 Å². The molecule has 0 bridgehead atoms. The SMILES string of the molecule is CCCCC(NCC(=O)N(CC)CC)c1ccc(F)cc1. The highest BCUT2D eigenvalue weighted by Crippen LogP contribution is 2.19. The second-order valence-corrected chi connectivity index (χ2v) is 5.19. The maximum Gasteiger partial charge on any atom is 0.236 e. The summed E-state index contributed by atoms with van der Waals surface area (Å²) < 4.78 is 13.0. The molecule has 0 saturated heterocycles. The maximum absolute atomic E-state index is 13.0. The van der Waals surface area contributed by atoms with Crippen LogP contribution >= 0.6 is 0 Å². The van der Waals surface area contributed by atoms with Crippen molar-refractivity contribution in [2.24, 2.45) is 0 Å². The molecule has 118 valence electrons. The van der Waals surface area contributed by atoms with Gasteiger partial charge in [-0.2, -0.15) is 0 Å². The zero-order valence-corrected chi connectivity index (χ0v) is 13.4. The zero-order valence-electron chi connectivity index (χ0n) is 13.4. The number of hydrogen-bond acceptors (Lipinski definition) is 2. The second kappa shape index (κ2) is 9.50. The maximum atomic E-state index is 13.0. The summed E-state index contributed by atoms with van der Waals surface area (Å²) in [5.74, 6) is -0.115. The van der Waals surface area contributed by atoms with E-state index in [1.165, 1.54) is 12.1 Å². The number of likely N-dealkylation sites (N-methyl/N-ethyl adjacent to an activating group) is 1. The van der Waals surface area contributed by atoms with Crippen molar-refractivity contribution < 1.29 is 9.18 Å². The minimum atomic E-state index is -0.229. The number of unbranched alkanes of at least 4 members (excludes halogenated alkanes) is 1. The fourth-order valence-electron chi connectivity index (χ4n) is 2.39. The smallest absolute Gasteiger partial charge is 0.236 e. The molecule has 1 rings (SSSR count). The molecule has 1 N–H and O–H groups in total. The largest absolute Gasteiger partial charge is 0.342 e. The molecule has 0 saturated carbocycles. The first-order valence-corrected chi connectivity index (χ1v) is 7.88. The van der Waals surface area contributed by atoms with Crippen LogP contribution in [0.3, 0.4) is 0 Å². The zero-order chi connectivity index (χ0) is 15.7. The number of nitrogens with one attached hydrogen (secondary N) is 1. The van der Waals surface area contributed by atoms with Gasteiger partial charge in [-0.15, -0.1) is 0 Å². The summed E-state index contributed by atoms with van der Waals surface area (Å²) in [4.78, 5) is 13.9. The highest BCUT2D eigenvalue weighted by Gasteiger charge is 2.15. The lowest BCUT2D eigenvalue weighted by molar-refractivity contribution is -0.130. The third-order valence-electron chi connectivity index (χ3n) is 3.73. The van der Waals surface area contributed by atoms with Crippen LogP contribution in [-0.4, -0.2) is 30.4 Å². The summed E-state index contributed by atoms with van der Waals surface area (Å²) in [5.41, 5.74) is 1.04. The van der Waals surface area contributed by atoms with Crippen molar-refractivity contribution in [2.45, 2.75) is 46.1 Å². The average Bonchev–Trinajstić information content (AvgIpc) is 2.50. The molecule has 1 aromatic rings. The van der Waals surface area contributed by atoms with Crippen LogP contribution in [0.4, 0.5) is 4.39 Å². The van der Waals surface area contributed by atoms with Crippen molar-refractivity contribution in [3.05, 3.63) is 35.6 Å². The highest BCUT2D eigenvalue weighted by atomic mass is 19.1. The summed E-state index contributed by atoms with van der Waals surface area (Å²) in [6.45, 7) is 7.89. The number of amides is 1. The standard InChI is InChI=1S/C17H27FN2O/c1-4-7-8-16(14-9-11-15(18)12-10-14)19-13-17(21)20(5-2)6-3/h9-12,16,19H,4-8,13H2,1-3H3. The molecule has 21 heavy (non-hydrogen) atoms. The third-order valence-corrected chi connectivity index (χ3v) is 3.73. The van der Waals surface area contributed by atoms with E-state index >= 15 is 0 Å². The first kappa shape index (κ1) is 17.6. The van der Waals surface area contributed by atoms with E-state index in [1.807, 2.05) is 18.7 Å². The van der Waals surface area contributed by atoms with Gasteiger partial charge in [0.1, 0.15) is 5.82 Å². The van der Waals surface area contributed by atoms with E-state index < -0.39 is 0 Å². The third kappa shape index (κ3) is 5.84. The molecular weight excluding hydrogens is 267 g/mol. The minimum absolute atomic E-state index is 0.102. The Hall–Kier alpha value is -1.42. The summed E-state index contributed by atoms with van der Waals surface area (Å²) in [7, 11) is 0. The van der Waals surface area contributed by atoms with Gasteiger partial charge in [0.05, 0.1) is 6.54 Å². The Morgan fingerprint density at radius 3 is 2.33 bits per heavy atom. The molecule has 0 fully saturated rings. The van der Waals surface area contributed by atoms with E-state index in [-0.39, 0.29) is 17.8 Å². The normalized spacial score (nSPS) is 12.2. The van der Waals surface area contributed by atoms with Crippen molar-refractivity contribution in [3.8, 4) is 0 Å². The van der Waals surface area contributed by atoms with Crippen molar-refractivity contribution in [2.75, 3.05) is 19.6 Å². The van der Waals surface area contributed by atoms with Crippen LogP contribution in [0.15, 0.2) is 24.3 Å². The lowest BCUT2D eigenvalue weighted by atomic mass is 10.0. The Bertz CT molecular complexity index is 415. The van der Waals surface area contributed by atoms with Crippen LogP contribution in [0.25, 0.3) is 0 Å². The number of carbonyl (C=O) groups is 1. The summed E-state index contributed by atoms with van der Waals surface area (Å²) in [6, 6.07) is 6.64. The fourth-order valence-corrected chi connectivity index (χ4v) is 2.39. The molecule has 0 spiro atoms. The molecule has 3 nitrogen and oxygen atoms in total. The molecule has 0 aromatic heterocycles. The van der Waals surface area contributed by atoms with Crippen LogP contribution in [-0.2, 0) is 4.79 Å². The molecular formula is C17H27FN2O. The quantitative estimate of drug-likeness (QED) is 0.756.